The molecule has 2 heterocycles. The molecule has 4 aromatic rings. The molecular formula is C23H21FN4O3. The Balaban J connectivity index is 1.43. The lowest BCUT2D eigenvalue weighted by atomic mass is 10.2. The maximum Gasteiger partial charge on any atom is 0.278 e. The fraction of sp³-hybridized carbons (Fsp3) is 0.174. The first-order valence-electron chi connectivity index (χ1n) is 9.71. The lowest BCUT2D eigenvalue weighted by Gasteiger charge is -2.07. The first kappa shape index (κ1) is 20.3. The van der Waals surface area contributed by atoms with Gasteiger partial charge in [-0.3, -0.25) is 9.48 Å². The van der Waals surface area contributed by atoms with Crippen LogP contribution >= 0.6 is 0 Å². The summed E-state index contributed by atoms with van der Waals surface area (Å²) in [5.41, 5.74) is 2.76. The normalized spacial score (nSPS) is 10.8. The van der Waals surface area contributed by atoms with Crippen molar-refractivity contribution in [2.24, 2.45) is 0 Å². The summed E-state index contributed by atoms with van der Waals surface area (Å²) in [5.74, 6) is 0.458. The third-order valence-electron chi connectivity index (χ3n) is 4.75. The van der Waals surface area contributed by atoms with Gasteiger partial charge in [-0.1, -0.05) is 35.5 Å². The fourth-order valence-electron chi connectivity index (χ4n) is 3.11. The van der Waals surface area contributed by atoms with E-state index in [2.05, 4.69) is 15.6 Å². The van der Waals surface area contributed by atoms with Crippen LogP contribution < -0.4 is 10.1 Å². The van der Waals surface area contributed by atoms with Crippen molar-refractivity contribution >= 4 is 11.6 Å². The molecule has 0 atom stereocenters. The molecule has 4 rings (SSSR count). The van der Waals surface area contributed by atoms with Crippen LogP contribution in [0.4, 0.5) is 10.1 Å². The molecular weight excluding hydrogens is 399 g/mol. The smallest absolute Gasteiger partial charge is 0.278 e. The van der Waals surface area contributed by atoms with E-state index < -0.39 is 5.91 Å². The van der Waals surface area contributed by atoms with Gasteiger partial charge < -0.3 is 14.6 Å². The molecule has 0 aliphatic rings. The van der Waals surface area contributed by atoms with Crippen LogP contribution in [0.3, 0.4) is 0 Å². The number of halogens is 1. The van der Waals surface area contributed by atoms with E-state index in [1.54, 1.807) is 36.0 Å². The largest absolute Gasteiger partial charge is 0.489 e. The molecule has 0 unspecified atom stereocenters. The molecule has 0 radical (unpaired) electrons. The van der Waals surface area contributed by atoms with Crippen LogP contribution in [0.15, 0.2) is 65.4 Å². The highest BCUT2D eigenvalue weighted by Crippen LogP contribution is 2.20. The van der Waals surface area contributed by atoms with E-state index in [0.29, 0.717) is 28.3 Å². The Morgan fingerprint density at radius 3 is 2.84 bits per heavy atom. The van der Waals surface area contributed by atoms with Gasteiger partial charge in [0, 0.05) is 11.8 Å². The summed E-state index contributed by atoms with van der Waals surface area (Å²) in [6.07, 6.45) is 3.12. The second-order valence-electron chi connectivity index (χ2n) is 7.14. The number of aryl methyl sites for hydroxylation is 2. The minimum absolute atomic E-state index is 0.145. The highest BCUT2D eigenvalue weighted by Gasteiger charge is 2.21. The van der Waals surface area contributed by atoms with E-state index in [0.717, 1.165) is 5.56 Å². The van der Waals surface area contributed by atoms with Gasteiger partial charge in [0.1, 0.15) is 23.9 Å². The Labute approximate surface area is 178 Å². The number of hydrogen-bond acceptors (Lipinski definition) is 5. The Hall–Kier alpha value is -3.94. The zero-order valence-electron chi connectivity index (χ0n) is 17.1. The lowest BCUT2D eigenvalue weighted by Crippen LogP contribution is -2.15. The molecule has 2 aromatic heterocycles. The third-order valence-corrected chi connectivity index (χ3v) is 4.75. The zero-order chi connectivity index (χ0) is 21.8. The molecule has 1 amide bonds. The quantitative estimate of drug-likeness (QED) is 0.476. The number of carbonyl (C=O) groups excluding carboxylic acids is 1. The van der Waals surface area contributed by atoms with Gasteiger partial charge in [-0.05, 0) is 37.6 Å². The summed E-state index contributed by atoms with van der Waals surface area (Å²) < 4.78 is 26.4. The maximum absolute atomic E-state index is 13.8. The predicted octanol–water partition coefficient (Wildman–Crippen LogP) is 4.51. The Bertz CT molecular complexity index is 1220. The molecule has 0 spiro atoms. The van der Waals surface area contributed by atoms with Gasteiger partial charge >= 0.3 is 0 Å². The average Bonchev–Trinajstić information content (AvgIpc) is 3.34. The molecule has 0 aliphatic carbocycles. The van der Waals surface area contributed by atoms with E-state index in [1.165, 1.54) is 12.3 Å². The molecule has 0 aliphatic heterocycles. The zero-order valence-corrected chi connectivity index (χ0v) is 17.1. The van der Waals surface area contributed by atoms with Crippen molar-refractivity contribution in [3.63, 3.8) is 0 Å². The molecule has 0 fully saturated rings. The van der Waals surface area contributed by atoms with Gasteiger partial charge in [0.05, 0.1) is 24.0 Å². The third kappa shape index (κ3) is 4.80. The number of nitrogens with one attached hydrogen (secondary N) is 1. The van der Waals surface area contributed by atoms with Crippen LogP contribution in [0.5, 0.6) is 5.75 Å². The van der Waals surface area contributed by atoms with Crippen molar-refractivity contribution in [2.75, 3.05) is 5.32 Å². The molecule has 0 bridgehead atoms. The number of amides is 1. The van der Waals surface area contributed by atoms with Gasteiger partial charge in [-0.25, -0.2) is 4.39 Å². The summed E-state index contributed by atoms with van der Waals surface area (Å²) in [5, 5.41) is 10.8. The van der Waals surface area contributed by atoms with Gasteiger partial charge in [-0.2, -0.15) is 5.10 Å². The van der Waals surface area contributed by atoms with Gasteiger partial charge in [0.15, 0.2) is 5.69 Å². The van der Waals surface area contributed by atoms with Crippen LogP contribution in [0.25, 0.3) is 0 Å². The van der Waals surface area contributed by atoms with Crippen LogP contribution in [-0.4, -0.2) is 20.8 Å². The molecule has 7 nitrogen and oxygen atoms in total. The minimum atomic E-state index is -0.440. The lowest BCUT2D eigenvalue weighted by molar-refractivity contribution is 0.101. The number of anilines is 1. The van der Waals surface area contributed by atoms with Gasteiger partial charge in [0.25, 0.3) is 5.91 Å². The summed E-state index contributed by atoms with van der Waals surface area (Å²) in [4.78, 5) is 12.7. The number of hydrogen-bond donors (Lipinski definition) is 1. The predicted molar refractivity (Wildman–Crippen MR) is 112 cm³/mol. The SMILES string of the molecule is Cc1cccc(OCc2c(C(=O)Nc3cnn(Cc4ccccc4F)c3)noc2C)c1. The average molecular weight is 420 g/mol. The summed E-state index contributed by atoms with van der Waals surface area (Å²) in [7, 11) is 0. The van der Waals surface area contributed by atoms with Gasteiger partial charge in [0.2, 0.25) is 0 Å². The molecule has 0 saturated carbocycles. The number of aromatic nitrogens is 3. The van der Waals surface area contributed by atoms with E-state index in [1.807, 2.05) is 31.2 Å². The Kier molecular flexibility index (Phi) is 5.79. The monoisotopic (exact) mass is 420 g/mol. The maximum atomic E-state index is 13.8. The van der Waals surface area contributed by atoms with Crippen molar-refractivity contribution in [1.82, 2.24) is 14.9 Å². The summed E-state index contributed by atoms with van der Waals surface area (Å²) in [6.45, 7) is 4.10. The molecule has 2 aromatic carbocycles. The molecule has 8 heteroatoms. The summed E-state index contributed by atoms with van der Waals surface area (Å²) in [6, 6.07) is 14.1. The van der Waals surface area contributed by atoms with Crippen molar-refractivity contribution in [2.45, 2.75) is 27.0 Å². The van der Waals surface area contributed by atoms with E-state index >= 15 is 0 Å². The number of ether oxygens (including phenoxy) is 1. The van der Waals surface area contributed by atoms with E-state index in [9.17, 15) is 9.18 Å². The first-order chi connectivity index (χ1) is 15.0. The van der Waals surface area contributed by atoms with Crippen molar-refractivity contribution in [3.05, 3.63) is 94.9 Å². The topological polar surface area (TPSA) is 82.2 Å². The van der Waals surface area contributed by atoms with E-state index in [4.69, 9.17) is 9.26 Å². The number of nitrogens with zero attached hydrogens (tertiary/aromatic N) is 3. The molecule has 31 heavy (non-hydrogen) atoms. The minimum Gasteiger partial charge on any atom is -0.489 e. The summed E-state index contributed by atoms with van der Waals surface area (Å²) >= 11 is 0. The molecule has 1 N–H and O–H groups in total. The van der Waals surface area contributed by atoms with Crippen LogP contribution in [0.1, 0.15) is 32.9 Å². The second kappa shape index (κ2) is 8.83. The number of benzene rings is 2. The first-order valence-corrected chi connectivity index (χ1v) is 9.71. The van der Waals surface area contributed by atoms with Crippen LogP contribution in [0, 0.1) is 19.7 Å². The van der Waals surface area contributed by atoms with Crippen molar-refractivity contribution in [1.29, 1.82) is 0 Å². The van der Waals surface area contributed by atoms with Crippen LogP contribution in [-0.2, 0) is 13.2 Å². The number of carbonyl (C=O) groups is 1. The fourth-order valence-corrected chi connectivity index (χ4v) is 3.11. The van der Waals surface area contributed by atoms with Crippen molar-refractivity contribution < 1.29 is 18.4 Å². The van der Waals surface area contributed by atoms with Crippen molar-refractivity contribution in [3.8, 4) is 5.75 Å². The van der Waals surface area contributed by atoms with Gasteiger partial charge in [-0.15, -0.1) is 0 Å². The highest BCUT2D eigenvalue weighted by atomic mass is 19.1. The molecule has 158 valence electrons. The van der Waals surface area contributed by atoms with E-state index in [-0.39, 0.29) is 24.7 Å². The number of rotatable bonds is 7. The Morgan fingerprint density at radius 2 is 2.03 bits per heavy atom. The van der Waals surface area contributed by atoms with Crippen LogP contribution in [0.2, 0.25) is 0 Å². The second-order valence-corrected chi connectivity index (χ2v) is 7.14. The Morgan fingerprint density at radius 1 is 1.19 bits per heavy atom. The highest BCUT2D eigenvalue weighted by molar-refractivity contribution is 6.03. The molecule has 0 saturated heterocycles. The standard InChI is InChI=1S/C23H21FN4O3/c1-15-6-5-8-19(10-15)30-14-20-16(2)31-27-22(20)23(29)26-18-11-25-28(13-18)12-17-7-3-4-9-21(17)24/h3-11,13H,12,14H2,1-2H3,(H,26,29).